The van der Waals surface area contributed by atoms with Crippen LogP contribution in [0, 0.1) is 5.92 Å². The van der Waals surface area contributed by atoms with Crippen molar-refractivity contribution in [1.82, 2.24) is 15.3 Å². The number of aromatic nitrogens is 2. The lowest BCUT2D eigenvalue weighted by Crippen LogP contribution is -2.35. The van der Waals surface area contributed by atoms with Crippen LogP contribution in [0.2, 0.25) is 0 Å². The third-order valence-electron chi connectivity index (χ3n) is 5.42. The molecular weight excluding hydrogens is 398 g/mol. The average molecular weight is 423 g/mol. The number of methoxy groups -OCH3 is 2. The van der Waals surface area contributed by atoms with E-state index in [1.165, 1.54) is 6.33 Å². The molecule has 2 unspecified atom stereocenters. The van der Waals surface area contributed by atoms with E-state index in [4.69, 9.17) is 18.9 Å². The Labute approximate surface area is 180 Å². The smallest absolute Gasteiger partial charge is 0.231 e. The number of carbonyl (C=O) groups is 1. The highest BCUT2D eigenvalue weighted by molar-refractivity contribution is 5.87. The molecule has 0 bridgehead atoms. The van der Waals surface area contributed by atoms with Gasteiger partial charge in [-0.3, -0.25) is 4.79 Å². The highest BCUT2D eigenvalue weighted by atomic mass is 16.5. The van der Waals surface area contributed by atoms with Crippen molar-refractivity contribution in [2.75, 3.05) is 21.3 Å². The average Bonchev–Trinajstić information content (AvgIpc) is 3.17. The Hall–Kier alpha value is -3.55. The first-order valence-corrected chi connectivity index (χ1v) is 10.0. The molecule has 2 atom stereocenters. The molecule has 2 heterocycles. The SMILES string of the molecule is CNC(=O)C1c2ccc(Oc3ncnc4cc(OC)c(OC)cc34)cc2OC1C(C)C. The molecule has 1 aliphatic heterocycles. The van der Waals surface area contributed by atoms with E-state index in [9.17, 15) is 4.79 Å². The molecule has 162 valence electrons. The number of amides is 1. The molecule has 0 spiro atoms. The van der Waals surface area contributed by atoms with E-state index >= 15 is 0 Å². The second-order valence-electron chi connectivity index (χ2n) is 7.62. The lowest BCUT2D eigenvalue weighted by atomic mass is 9.88. The van der Waals surface area contributed by atoms with Crippen LogP contribution in [0.15, 0.2) is 36.7 Å². The van der Waals surface area contributed by atoms with E-state index in [0.29, 0.717) is 39.8 Å². The van der Waals surface area contributed by atoms with Crippen molar-refractivity contribution in [2.45, 2.75) is 25.9 Å². The highest BCUT2D eigenvalue weighted by Crippen LogP contribution is 2.44. The maximum atomic E-state index is 12.5. The van der Waals surface area contributed by atoms with Gasteiger partial charge in [0.15, 0.2) is 11.5 Å². The minimum absolute atomic E-state index is 0.0612. The van der Waals surface area contributed by atoms with Crippen molar-refractivity contribution >= 4 is 16.8 Å². The van der Waals surface area contributed by atoms with Gasteiger partial charge < -0.3 is 24.3 Å². The summed E-state index contributed by atoms with van der Waals surface area (Å²) in [5, 5.41) is 3.42. The number of hydrogen-bond donors (Lipinski definition) is 1. The summed E-state index contributed by atoms with van der Waals surface area (Å²) < 4.78 is 22.9. The summed E-state index contributed by atoms with van der Waals surface area (Å²) in [5.41, 5.74) is 1.52. The molecule has 0 fully saturated rings. The quantitative estimate of drug-likeness (QED) is 0.646. The van der Waals surface area contributed by atoms with E-state index in [0.717, 1.165) is 5.56 Å². The van der Waals surface area contributed by atoms with Gasteiger partial charge >= 0.3 is 0 Å². The predicted octanol–water partition coefficient (Wildman–Crippen LogP) is 3.69. The first-order valence-electron chi connectivity index (χ1n) is 10.0. The second-order valence-corrected chi connectivity index (χ2v) is 7.62. The summed E-state index contributed by atoms with van der Waals surface area (Å²) in [6, 6.07) is 9.04. The standard InChI is InChI=1S/C23H25N3O5/c1-12(2)21-20(22(27)24-3)14-7-6-13(8-17(14)31-21)30-23-15-9-18(28-4)19(29-5)10-16(15)25-11-26-23/h6-12,20-21H,1-5H3,(H,24,27). The summed E-state index contributed by atoms with van der Waals surface area (Å²) in [6.07, 6.45) is 1.20. The van der Waals surface area contributed by atoms with Crippen molar-refractivity contribution in [1.29, 1.82) is 0 Å². The van der Waals surface area contributed by atoms with Gasteiger partial charge in [0.05, 0.1) is 25.1 Å². The number of ether oxygens (including phenoxy) is 4. The van der Waals surface area contributed by atoms with Crippen LogP contribution in [0.25, 0.3) is 10.9 Å². The van der Waals surface area contributed by atoms with E-state index in [1.54, 1.807) is 39.5 Å². The molecule has 1 aliphatic rings. The molecule has 4 rings (SSSR count). The second kappa shape index (κ2) is 8.29. The fourth-order valence-electron chi connectivity index (χ4n) is 3.85. The number of nitrogens with zero attached hydrogens (tertiary/aromatic N) is 2. The molecule has 8 nitrogen and oxygen atoms in total. The van der Waals surface area contributed by atoms with Crippen LogP contribution >= 0.6 is 0 Å². The minimum atomic E-state index is -0.356. The van der Waals surface area contributed by atoms with Gasteiger partial charge in [0, 0.05) is 24.7 Å². The van der Waals surface area contributed by atoms with E-state index in [-0.39, 0.29) is 23.8 Å². The number of likely N-dealkylation sites (N-methyl/N-ethyl adjacent to an activating group) is 1. The molecule has 1 amide bonds. The van der Waals surface area contributed by atoms with E-state index < -0.39 is 0 Å². The molecule has 3 aromatic rings. The van der Waals surface area contributed by atoms with Gasteiger partial charge in [-0.15, -0.1) is 0 Å². The van der Waals surface area contributed by atoms with Crippen molar-refractivity contribution in [3.05, 3.63) is 42.2 Å². The van der Waals surface area contributed by atoms with Gasteiger partial charge in [-0.2, -0.15) is 0 Å². The molecule has 0 saturated carbocycles. The van der Waals surface area contributed by atoms with Crippen LogP contribution in [0.5, 0.6) is 28.9 Å². The molecule has 31 heavy (non-hydrogen) atoms. The molecule has 2 aromatic carbocycles. The Morgan fingerprint density at radius 2 is 1.84 bits per heavy atom. The van der Waals surface area contributed by atoms with Crippen molar-refractivity contribution in [2.24, 2.45) is 5.92 Å². The van der Waals surface area contributed by atoms with Crippen molar-refractivity contribution < 1.29 is 23.7 Å². The molecule has 0 radical (unpaired) electrons. The first-order chi connectivity index (χ1) is 15.0. The Balaban J connectivity index is 1.70. The van der Waals surface area contributed by atoms with Gasteiger partial charge in [0.25, 0.3) is 0 Å². The Bertz CT molecular complexity index is 1130. The summed E-state index contributed by atoms with van der Waals surface area (Å²) >= 11 is 0. The summed E-state index contributed by atoms with van der Waals surface area (Å²) in [7, 11) is 4.78. The van der Waals surface area contributed by atoms with Gasteiger partial charge in [0.2, 0.25) is 11.8 Å². The van der Waals surface area contributed by atoms with Gasteiger partial charge in [0.1, 0.15) is 29.8 Å². The highest BCUT2D eigenvalue weighted by Gasteiger charge is 2.41. The molecule has 1 N–H and O–H groups in total. The van der Waals surface area contributed by atoms with Gasteiger partial charge in [-0.1, -0.05) is 19.9 Å². The number of rotatable bonds is 6. The molecular formula is C23H25N3O5. The monoisotopic (exact) mass is 423 g/mol. The Morgan fingerprint density at radius 3 is 2.52 bits per heavy atom. The Kier molecular flexibility index (Phi) is 5.54. The number of benzene rings is 2. The van der Waals surface area contributed by atoms with E-state index in [1.807, 2.05) is 26.0 Å². The fourth-order valence-corrected chi connectivity index (χ4v) is 3.85. The van der Waals surface area contributed by atoms with Gasteiger partial charge in [-0.05, 0) is 18.1 Å². The predicted molar refractivity (Wildman–Crippen MR) is 115 cm³/mol. The summed E-state index contributed by atoms with van der Waals surface area (Å²) in [4.78, 5) is 21.1. The third kappa shape index (κ3) is 3.69. The topological polar surface area (TPSA) is 91.8 Å². The molecule has 1 aromatic heterocycles. The van der Waals surface area contributed by atoms with Crippen molar-refractivity contribution in [3.63, 3.8) is 0 Å². The van der Waals surface area contributed by atoms with Crippen LogP contribution in [-0.2, 0) is 4.79 Å². The maximum absolute atomic E-state index is 12.5. The number of hydrogen-bond acceptors (Lipinski definition) is 7. The van der Waals surface area contributed by atoms with Crippen LogP contribution in [0.3, 0.4) is 0 Å². The Morgan fingerprint density at radius 1 is 1.10 bits per heavy atom. The maximum Gasteiger partial charge on any atom is 0.231 e. The number of carbonyl (C=O) groups excluding carboxylic acids is 1. The third-order valence-corrected chi connectivity index (χ3v) is 5.42. The summed E-state index contributed by atoms with van der Waals surface area (Å²) in [6.45, 7) is 4.08. The van der Waals surface area contributed by atoms with Gasteiger partial charge in [-0.25, -0.2) is 9.97 Å². The zero-order valence-corrected chi connectivity index (χ0v) is 18.1. The summed E-state index contributed by atoms with van der Waals surface area (Å²) in [5.74, 6) is 2.46. The molecule has 8 heteroatoms. The molecule has 0 aliphatic carbocycles. The minimum Gasteiger partial charge on any atom is -0.493 e. The van der Waals surface area contributed by atoms with E-state index in [2.05, 4.69) is 15.3 Å². The fraction of sp³-hybridized carbons (Fsp3) is 0.348. The van der Waals surface area contributed by atoms with Crippen LogP contribution < -0.4 is 24.3 Å². The number of nitrogens with one attached hydrogen (secondary N) is 1. The van der Waals surface area contributed by atoms with Crippen LogP contribution in [0.4, 0.5) is 0 Å². The largest absolute Gasteiger partial charge is 0.493 e. The first kappa shape index (κ1) is 20.7. The van der Waals surface area contributed by atoms with Crippen molar-refractivity contribution in [3.8, 4) is 28.9 Å². The lowest BCUT2D eigenvalue weighted by Gasteiger charge is -2.21. The lowest BCUT2D eigenvalue weighted by molar-refractivity contribution is -0.123. The zero-order valence-electron chi connectivity index (χ0n) is 18.1. The normalized spacial score (nSPS) is 17.2. The molecule has 0 saturated heterocycles. The van der Waals surface area contributed by atoms with Crippen LogP contribution in [-0.4, -0.2) is 43.2 Å². The number of fused-ring (bicyclic) bond motifs is 2. The van der Waals surface area contributed by atoms with Crippen LogP contribution in [0.1, 0.15) is 25.3 Å². The zero-order chi connectivity index (χ0) is 22.1.